The molecule has 138 valence electrons. The number of aryl methyl sites for hydroxylation is 1. The maximum atomic E-state index is 12.6. The summed E-state index contributed by atoms with van der Waals surface area (Å²) in [6, 6.07) is 11.7. The first-order valence-corrected chi connectivity index (χ1v) is 9.05. The van der Waals surface area contributed by atoms with Crippen molar-refractivity contribution in [1.82, 2.24) is 24.8 Å². The quantitative estimate of drug-likeness (QED) is 0.579. The highest BCUT2D eigenvalue weighted by molar-refractivity contribution is 6.03. The maximum absolute atomic E-state index is 12.6. The molecule has 0 unspecified atom stereocenters. The molecule has 2 N–H and O–H groups in total. The van der Waals surface area contributed by atoms with Gasteiger partial charge in [0.05, 0.1) is 23.7 Å². The highest BCUT2D eigenvalue weighted by atomic mass is 16.1. The minimum atomic E-state index is -0.211. The van der Waals surface area contributed by atoms with Crippen LogP contribution in [0.15, 0.2) is 55.1 Å². The van der Waals surface area contributed by atoms with Crippen molar-refractivity contribution in [3.8, 4) is 11.3 Å². The minimum absolute atomic E-state index is 0.211. The van der Waals surface area contributed by atoms with E-state index in [2.05, 4.69) is 25.6 Å². The Balaban J connectivity index is 1.44. The SMILES string of the molecule is Cn1cncc1-c1ccc2cnc(NC(=O)c3ccc4c(c3)CNC4)nc2c1. The second-order valence-corrected chi connectivity index (χ2v) is 6.90. The van der Waals surface area contributed by atoms with Gasteiger partial charge in [0.15, 0.2) is 0 Å². The molecule has 1 aliphatic rings. The van der Waals surface area contributed by atoms with E-state index in [1.54, 1.807) is 12.5 Å². The number of imidazole rings is 1. The largest absolute Gasteiger partial charge is 0.334 e. The summed E-state index contributed by atoms with van der Waals surface area (Å²) < 4.78 is 1.95. The highest BCUT2D eigenvalue weighted by Crippen LogP contribution is 2.23. The van der Waals surface area contributed by atoms with Gasteiger partial charge in [0.1, 0.15) is 0 Å². The van der Waals surface area contributed by atoms with Crippen molar-refractivity contribution < 1.29 is 4.79 Å². The predicted octanol–water partition coefficient (Wildman–Crippen LogP) is 2.89. The lowest BCUT2D eigenvalue weighted by molar-refractivity contribution is 0.102. The first-order valence-electron chi connectivity index (χ1n) is 9.05. The van der Waals surface area contributed by atoms with E-state index in [0.717, 1.165) is 40.8 Å². The molecule has 28 heavy (non-hydrogen) atoms. The summed E-state index contributed by atoms with van der Waals surface area (Å²) in [6.45, 7) is 1.64. The molecule has 0 bridgehead atoms. The number of nitrogens with one attached hydrogen (secondary N) is 2. The summed E-state index contributed by atoms with van der Waals surface area (Å²) in [5, 5.41) is 7.00. The normalized spacial score (nSPS) is 12.9. The number of hydrogen-bond acceptors (Lipinski definition) is 5. The van der Waals surface area contributed by atoms with Crippen LogP contribution in [0.25, 0.3) is 22.2 Å². The Morgan fingerprint density at radius 3 is 2.86 bits per heavy atom. The fourth-order valence-corrected chi connectivity index (χ4v) is 3.49. The third-order valence-corrected chi connectivity index (χ3v) is 5.02. The van der Waals surface area contributed by atoms with Gasteiger partial charge in [-0.1, -0.05) is 18.2 Å². The topological polar surface area (TPSA) is 84.7 Å². The Labute approximate surface area is 161 Å². The molecular formula is C21H18N6O. The third kappa shape index (κ3) is 2.91. The van der Waals surface area contributed by atoms with Crippen molar-refractivity contribution in [1.29, 1.82) is 0 Å². The fraction of sp³-hybridized carbons (Fsp3) is 0.143. The number of anilines is 1. The van der Waals surface area contributed by atoms with E-state index in [-0.39, 0.29) is 5.91 Å². The van der Waals surface area contributed by atoms with E-state index in [1.165, 1.54) is 5.56 Å². The molecule has 2 aromatic heterocycles. The summed E-state index contributed by atoms with van der Waals surface area (Å²) in [6.07, 6.45) is 5.29. The zero-order valence-electron chi connectivity index (χ0n) is 15.3. The molecule has 1 aliphatic heterocycles. The van der Waals surface area contributed by atoms with Crippen LogP contribution in [0.4, 0.5) is 5.95 Å². The fourth-order valence-electron chi connectivity index (χ4n) is 3.49. The minimum Gasteiger partial charge on any atom is -0.334 e. The van der Waals surface area contributed by atoms with Crippen LogP contribution in [0.5, 0.6) is 0 Å². The van der Waals surface area contributed by atoms with Gasteiger partial charge in [0.2, 0.25) is 5.95 Å². The molecule has 0 aliphatic carbocycles. The Kier molecular flexibility index (Phi) is 3.87. The first kappa shape index (κ1) is 16.6. The van der Waals surface area contributed by atoms with Gasteiger partial charge in [-0.05, 0) is 29.3 Å². The van der Waals surface area contributed by atoms with Crippen molar-refractivity contribution in [3.05, 3.63) is 71.8 Å². The lowest BCUT2D eigenvalue weighted by Crippen LogP contribution is -2.14. The van der Waals surface area contributed by atoms with Crippen LogP contribution in [-0.4, -0.2) is 25.4 Å². The molecule has 0 radical (unpaired) electrons. The number of aromatic nitrogens is 4. The van der Waals surface area contributed by atoms with Gasteiger partial charge in [-0.15, -0.1) is 0 Å². The standard InChI is InChI=1S/C21H18N6O/c1-27-12-23-11-19(27)13-2-5-16-10-24-21(25-18(16)7-13)26-20(28)14-3-4-15-8-22-9-17(15)6-14/h2-7,10-12,22H,8-9H2,1H3,(H,24,25,26,28). The highest BCUT2D eigenvalue weighted by Gasteiger charge is 2.14. The molecule has 1 amide bonds. The molecule has 0 atom stereocenters. The Hall–Kier alpha value is -3.58. The molecule has 0 spiro atoms. The third-order valence-electron chi connectivity index (χ3n) is 5.02. The molecule has 0 saturated carbocycles. The molecule has 4 aromatic rings. The number of fused-ring (bicyclic) bond motifs is 2. The number of nitrogens with zero attached hydrogens (tertiary/aromatic N) is 4. The van der Waals surface area contributed by atoms with Crippen molar-refractivity contribution in [2.75, 3.05) is 5.32 Å². The molecule has 5 rings (SSSR count). The van der Waals surface area contributed by atoms with E-state index in [9.17, 15) is 4.79 Å². The van der Waals surface area contributed by atoms with E-state index in [0.29, 0.717) is 11.5 Å². The zero-order chi connectivity index (χ0) is 19.1. The van der Waals surface area contributed by atoms with Gasteiger partial charge in [-0.3, -0.25) is 10.1 Å². The number of benzene rings is 2. The number of hydrogen-bond donors (Lipinski definition) is 2. The van der Waals surface area contributed by atoms with E-state index >= 15 is 0 Å². The molecule has 3 heterocycles. The van der Waals surface area contributed by atoms with Crippen LogP contribution < -0.4 is 10.6 Å². The van der Waals surface area contributed by atoms with Gasteiger partial charge in [0, 0.05) is 42.8 Å². The summed E-state index contributed by atoms with van der Waals surface area (Å²) >= 11 is 0. The molecule has 7 nitrogen and oxygen atoms in total. The van der Waals surface area contributed by atoms with Crippen molar-refractivity contribution in [2.24, 2.45) is 7.05 Å². The number of amides is 1. The average Bonchev–Trinajstić information content (AvgIpc) is 3.35. The van der Waals surface area contributed by atoms with Crippen LogP contribution in [0, 0.1) is 0 Å². The lowest BCUT2D eigenvalue weighted by atomic mass is 10.1. The first-order chi connectivity index (χ1) is 13.7. The lowest BCUT2D eigenvalue weighted by Gasteiger charge is -2.08. The van der Waals surface area contributed by atoms with Crippen molar-refractivity contribution in [3.63, 3.8) is 0 Å². The molecule has 7 heteroatoms. The van der Waals surface area contributed by atoms with Gasteiger partial charge in [-0.25, -0.2) is 15.0 Å². The van der Waals surface area contributed by atoms with Gasteiger partial charge < -0.3 is 9.88 Å². The second kappa shape index (κ2) is 6.54. The zero-order valence-corrected chi connectivity index (χ0v) is 15.3. The maximum Gasteiger partial charge on any atom is 0.258 e. The molecular weight excluding hydrogens is 352 g/mol. The summed E-state index contributed by atoms with van der Waals surface area (Å²) in [7, 11) is 1.95. The second-order valence-electron chi connectivity index (χ2n) is 6.90. The van der Waals surface area contributed by atoms with Crippen molar-refractivity contribution in [2.45, 2.75) is 13.1 Å². The smallest absolute Gasteiger partial charge is 0.258 e. The molecule has 0 saturated heterocycles. The molecule has 2 aromatic carbocycles. The Morgan fingerprint density at radius 1 is 1.11 bits per heavy atom. The van der Waals surface area contributed by atoms with Crippen LogP contribution in [0.2, 0.25) is 0 Å². The molecule has 0 fully saturated rings. The number of rotatable bonds is 3. The number of carbonyl (C=O) groups excluding carboxylic acids is 1. The van der Waals surface area contributed by atoms with E-state index < -0.39 is 0 Å². The van der Waals surface area contributed by atoms with E-state index in [4.69, 9.17) is 0 Å². The number of carbonyl (C=O) groups is 1. The van der Waals surface area contributed by atoms with Crippen LogP contribution in [0.3, 0.4) is 0 Å². The monoisotopic (exact) mass is 370 g/mol. The van der Waals surface area contributed by atoms with Gasteiger partial charge in [-0.2, -0.15) is 0 Å². The van der Waals surface area contributed by atoms with Crippen LogP contribution in [0.1, 0.15) is 21.5 Å². The predicted molar refractivity (Wildman–Crippen MR) is 107 cm³/mol. The van der Waals surface area contributed by atoms with Gasteiger partial charge >= 0.3 is 0 Å². The summed E-state index contributed by atoms with van der Waals surface area (Å²) in [4.78, 5) is 25.6. The average molecular weight is 370 g/mol. The van der Waals surface area contributed by atoms with Gasteiger partial charge in [0.25, 0.3) is 5.91 Å². The summed E-state index contributed by atoms with van der Waals surface area (Å²) in [5.41, 5.74) is 5.78. The summed E-state index contributed by atoms with van der Waals surface area (Å²) in [5.74, 6) is 0.0788. The Bertz CT molecular complexity index is 1210. The van der Waals surface area contributed by atoms with Crippen molar-refractivity contribution >= 4 is 22.8 Å². The van der Waals surface area contributed by atoms with Crippen LogP contribution in [-0.2, 0) is 20.1 Å². The van der Waals surface area contributed by atoms with E-state index in [1.807, 2.05) is 54.2 Å². The Morgan fingerprint density at radius 2 is 2.00 bits per heavy atom. The van der Waals surface area contributed by atoms with Crippen LogP contribution >= 0.6 is 0 Å².